The molecule has 0 aromatic heterocycles. The molecule has 0 heterocycles. The molecular formula is C12H9NO. The molecule has 14 heavy (non-hydrogen) atoms. The van der Waals surface area contributed by atoms with Crippen LogP contribution < -0.4 is 4.74 Å². The summed E-state index contributed by atoms with van der Waals surface area (Å²) in [5, 5.41) is 10.8. The minimum absolute atomic E-state index is 0.672. The fraction of sp³-hybridized carbons (Fsp3) is 0.0833. The molecule has 0 N–H and O–H groups in total. The van der Waals surface area contributed by atoms with Gasteiger partial charge < -0.3 is 4.74 Å². The van der Waals surface area contributed by atoms with E-state index in [0.717, 1.165) is 16.5 Å². The molecule has 2 aromatic carbocycles. The van der Waals surface area contributed by atoms with Crippen molar-refractivity contribution in [2.24, 2.45) is 0 Å². The Hall–Kier alpha value is -2.01. The zero-order chi connectivity index (χ0) is 9.97. The van der Waals surface area contributed by atoms with Crippen LogP contribution in [0.15, 0.2) is 36.4 Å². The highest BCUT2D eigenvalue weighted by Crippen LogP contribution is 2.25. The van der Waals surface area contributed by atoms with Crippen molar-refractivity contribution in [1.29, 1.82) is 5.26 Å². The average Bonchev–Trinajstić information content (AvgIpc) is 2.27. The molecule has 0 radical (unpaired) electrons. The molecular weight excluding hydrogens is 174 g/mol. The fourth-order valence-corrected chi connectivity index (χ4v) is 1.50. The van der Waals surface area contributed by atoms with Gasteiger partial charge in [0.2, 0.25) is 0 Å². The Bertz CT molecular complexity index is 511. The van der Waals surface area contributed by atoms with E-state index in [1.165, 1.54) is 0 Å². The van der Waals surface area contributed by atoms with Crippen LogP contribution in [0.4, 0.5) is 0 Å². The second-order valence-electron chi connectivity index (χ2n) is 3.01. The third kappa shape index (κ3) is 1.29. The van der Waals surface area contributed by atoms with Crippen molar-refractivity contribution in [2.75, 3.05) is 7.11 Å². The summed E-state index contributed by atoms with van der Waals surface area (Å²) in [5.74, 6) is 0.840. The Balaban J connectivity index is 2.75. The molecule has 0 aliphatic rings. The molecule has 0 unspecified atom stereocenters. The highest BCUT2D eigenvalue weighted by molar-refractivity contribution is 5.89. The third-order valence-electron chi connectivity index (χ3n) is 2.19. The standard InChI is InChI=1S/C12H9NO/c1-14-12-4-2-3-10-7-9(8-13)5-6-11(10)12/h2-7H,1H3. The monoisotopic (exact) mass is 183 g/mol. The van der Waals surface area contributed by atoms with Gasteiger partial charge in [0, 0.05) is 5.39 Å². The first kappa shape index (κ1) is 8.58. The molecule has 0 spiro atoms. The first-order chi connectivity index (χ1) is 6.85. The lowest BCUT2D eigenvalue weighted by atomic mass is 10.1. The third-order valence-corrected chi connectivity index (χ3v) is 2.19. The number of hydrogen-bond acceptors (Lipinski definition) is 2. The molecule has 2 nitrogen and oxygen atoms in total. The lowest BCUT2D eigenvalue weighted by Gasteiger charge is -2.04. The molecule has 0 amide bonds. The van der Waals surface area contributed by atoms with Gasteiger partial charge in [-0.05, 0) is 29.7 Å². The molecule has 68 valence electrons. The van der Waals surface area contributed by atoms with Crippen LogP contribution in [-0.2, 0) is 0 Å². The number of fused-ring (bicyclic) bond motifs is 1. The van der Waals surface area contributed by atoms with Crippen molar-refractivity contribution < 1.29 is 4.74 Å². The van der Waals surface area contributed by atoms with Gasteiger partial charge in [-0.1, -0.05) is 12.1 Å². The van der Waals surface area contributed by atoms with Crippen molar-refractivity contribution in [3.8, 4) is 11.8 Å². The summed E-state index contributed by atoms with van der Waals surface area (Å²) in [4.78, 5) is 0. The van der Waals surface area contributed by atoms with Gasteiger partial charge in [0.05, 0.1) is 18.7 Å². The predicted molar refractivity (Wildman–Crippen MR) is 55.2 cm³/mol. The van der Waals surface area contributed by atoms with Crippen molar-refractivity contribution in [1.82, 2.24) is 0 Å². The summed E-state index contributed by atoms with van der Waals surface area (Å²) in [5.41, 5.74) is 0.672. The number of rotatable bonds is 1. The van der Waals surface area contributed by atoms with Gasteiger partial charge in [-0.25, -0.2) is 0 Å². The van der Waals surface area contributed by atoms with Crippen LogP contribution in [0.5, 0.6) is 5.75 Å². The fourth-order valence-electron chi connectivity index (χ4n) is 1.50. The average molecular weight is 183 g/mol. The molecule has 0 aliphatic carbocycles. The Morgan fingerprint density at radius 3 is 2.79 bits per heavy atom. The highest BCUT2D eigenvalue weighted by atomic mass is 16.5. The largest absolute Gasteiger partial charge is 0.496 e. The van der Waals surface area contributed by atoms with Gasteiger partial charge in [0.25, 0.3) is 0 Å². The van der Waals surface area contributed by atoms with Crippen molar-refractivity contribution in [3.05, 3.63) is 42.0 Å². The smallest absolute Gasteiger partial charge is 0.126 e. The lowest BCUT2D eigenvalue weighted by Crippen LogP contribution is -1.84. The summed E-state index contributed by atoms with van der Waals surface area (Å²) < 4.78 is 5.22. The lowest BCUT2D eigenvalue weighted by molar-refractivity contribution is 0.420. The van der Waals surface area contributed by atoms with Crippen LogP contribution in [0.1, 0.15) is 5.56 Å². The van der Waals surface area contributed by atoms with Gasteiger partial charge in [0.15, 0.2) is 0 Å². The van der Waals surface area contributed by atoms with E-state index in [9.17, 15) is 0 Å². The van der Waals surface area contributed by atoms with E-state index in [-0.39, 0.29) is 0 Å². The number of nitriles is 1. The van der Waals surface area contributed by atoms with Gasteiger partial charge in [-0.3, -0.25) is 0 Å². The highest BCUT2D eigenvalue weighted by Gasteiger charge is 2.00. The molecule has 2 rings (SSSR count). The van der Waals surface area contributed by atoms with Crippen LogP contribution >= 0.6 is 0 Å². The number of hydrogen-bond donors (Lipinski definition) is 0. The minimum atomic E-state index is 0.672. The van der Waals surface area contributed by atoms with Gasteiger partial charge in [0.1, 0.15) is 5.75 Å². The normalized spacial score (nSPS) is 9.71. The zero-order valence-corrected chi connectivity index (χ0v) is 7.82. The van der Waals surface area contributed by atoms with Gasteiger partial charge in [-0.15, -0.1) is 0 Å². The topological polar surface area (TPSA) is 33.0 Å². The van der Waals surface area contributed by atoms with Crippen LogP contribution in [0.25, 0.3) is 10.8 Å². The first-order valence-electron chi connectivity index (χ1n) is 4.32. The summed E-state index contributed by atoms with van der Waals surface area (Å²) in [7, 11) is 1.65. The summed E-state index contributed by atoms with van der Waals surface area (Å²) in [6.07, 6.45) is 0. The van der Waals surface area contributed by atoms with E-state index in [1.807, 2.05) is 30.3 Å². The quantitative estimate of drug-likeness (QED) is 0.681. The van der Waals surface area contributed by atoms with Crippen molar-refractivity contribution in [3.63, 3.8) is 0 Å². The molecule has 0 saturated heterocycles. The van der Waals surface area contributed by atoms with Crippen molar-refractivity contribution in [2.45, 2.75) is 0 Å². The minimum Gasteiger partial charge on any atom is -0.496 e. The van der Waals surface area contributed by atoms with Gasteiger partial charge >= 0.3 is 0 Å². The summed E-state index contributed by atoms with van der Waals surface area (Å²) >= 11 is 0. The zero-order valence-electron chi connectivity index (χ0n) is 7.82. The van der Waals surface area contributed by atoms with Crippen LogP contribution in [0.2, 0.25) is 0 Å². The molecule has 2 aromatic rings. The Kier molecular flexibility index (Phi) is 2.08. The Morgan fingerprint density at radius 2 is 2.07 bits per heavy atom. The number of benzene rings is 2. The Labute approximate surface area is 82.3 Å². The summed E-state index contributed by atoms with van der Waals surface area (Å²) in [6.45, 7) is 0. The predicted octanol–water partition coefficient (Wildman–Crippen LogP) is 2.72. The summed E-state index contributed by atoms with van der Waals surface area (Å²) in [6, 6.07) is 13.5. The molecule has 0 aliphatic heterocycles. The van der Waals surface area contributed by atoms with Crippen LogP contribution in [0.3, 0.4) is 0 Å². The molecule has 0 bridgehead atoms. The number of ether oxygens (including phenoxy) is 1. The van der Waals surface area contributed by atoms with E-state index in [4.69, 9.17) is 10.00 Å². The Morgan fingerprint density at radius 1 is 1.21 bits per heavy atom. The van der Waals surface area contributed by atoms with Crippen LogP contribution in [0, 0.1) is 11.3 Å². The maximum Gasteiger partial charge on any atom is 0.126 e. The van der Waals surface area contributed by atoms with Crippen molar-refractivity contribution >= 4 is 10.8 Å². The molecule has 2 heteroatoms. The maximum atomic E-state index is 8.74. The number of methoxy groups -OCH3 is 1. The van der Waals surface area contributed by atoms with Gasteiger partial charge in [-0.2, -0.15) is 5.26 Å². The van der Waals surface area contributed by atoms with E-state index in [0.29, 0.717) is 5.56 Å². The van der Waals surface area contributed by atoms with E-state index in [1.54, 1.807) is 13.2 Å². The maximum absolute atomic E-state index is 8.74. The van der Waals surface area contributed by atoms with E-state index >= 15 is 0 Å². The second-order valence-corrected chi connectivity index (χ2v) is 3.01. The van der Waals surface area contributed by atoms with E-state index < -0.39 is 0 Å². The molecule has 0 saturated carbocycles. The van der Waals surface area contributed by atoms with Crippen LogP contribution in [-0.4, -0.2) is 7.11 Å². The van der Waals surface area contributed by atoms with E-state index in [2.05, 4.69) is 6.07 Å². The second kappa shape index (κ2) is 3.39. The number of nitrogens with zero attached hydrogens (tertiary/aromatic N) is 1. The first-order valence-corrected chi connectivity index (χ1v) is 4.32. The molecule has 0 atom stereocenters. The molecule has 0 fully saturated rings. The SMILES string of the molecule is COc1cccc2cc(C#N)ccc12.